The lowest BCUT2D eigenvalue weighted by Crippen LogP contribution is -2.32. The van der Waals surface area contributed by atoms with Crippen LogP contribution >= 0.6 is 34.5 Å². The molecule has 1 heterocycles. The summed E-state index contributed by atoms with van der Waals surface area (Å²) in [6.07, 6.45) is 3.21. The first-order valence-corrected chi connectivity index (χ1v) is 9.64. The molecule has 0 fully saturated rings. The van der Waals surface area contributed by atoms with Crippen LogP contribution in [0.15, 0.2) is 24.3 Å². The van der Waals surface area contributed by atoms with Crippen molar-refractivity contribution in [2.45, 2.75) is 26.2 Å². The number of benzene rings is 1. The van der Waals surface area contributed by atoms with E-state index in [1.807, 2.05) is 6.07 Å². The summed E-state index contributed by atoms with van der Waals surface area (Å²) in [5, 5.41) is 6.17. The first-order chi connectivity index (χ1) is 11.9. The molecule has 0 spiro atoms. The van der Waals surface area contributed by atoms with Crippen LogP contribution in [0.5, 0.6) is 0 Å². The number of anilines is 1. The summed E-state index contributed by atoms with van der Waals surface area (Å²) in [6, 6.07) is 6.77. The van der Waals surface area contributed by atoms with E-state index in [9.17, 15) is 9.59 Å². The third-order valence-corrected chi connectivity index (χ3v) is 5.97. The molecule has 1 aromatic heterocycles. The van der Waals surface area contributed by atoms with E-state index >= 15 is 0 Å². The molecule has 0 radical (unpaired) electrons. The van der Waals surface area contributed by atoms with Crippen molar-refractivity contribution in [3.63, 3.8) is 0 Å². The van der Waals surface area contributed by atoms with Crippen LogP contribution in [0.2, 0.25) is 10.0 Å². The average molecular weight is 397 g/mol. The Bertz CT molecular complexity index is 819. The highest BCUT2D eigenvalue weighted by atomic mass is 35.5. The smallest absolute Gasteiger partial charge is 0.261 e. The normalized spacial score (nSPS) is 16.2. The van der Waals surface area contributed by atoms with Gasteiger partial charge in [-0.2, -0.15) is 0 Å². The Morgan fingerprint density at radius 2 is 2.08 bits per heavy atom. The maximum Gasteiger partial charge on any atom is 0.261 e. The number of carbonyl (C=O) groups excluding carboxylic acids is 2. The Kier molecular flexibility index (Phi) is 5.67. The zero-order valence-corrected chi connectivity index (χ0v) is 16.0. The van der Waals surface area contributed by atoms with Gasteiger partial charge in [-0.25, -0.2) is 0 Å². The van der Waals surface area contributed by atoms with Gasteiger partial charge in [-0.05, 0) is 55.0 Å². The summed E-state index contributed by atoms with van der Waals surface area (Å²) in [4.78, 5) is 26.3. The van der Waals surface area contributed by atoms with Crippen LogP contribution < -0.4 is 10.6 Å². The average Bonchev–Trinajstić information content (AvgIpc) is 2.99. The first kappa shape index (κ1) is 18.2. The second-order valence-electron chi connectivity index (χ2n) is 6.26. The van der Waals surface area contributed by atoms with Crippen molar-refractivity contribution in [2.24, 2.45) is 5.92 Å². The molecule has 25 heavy (non-hydrogen) atoms. The van der Waals surface area contributed by atoms with Gasteiger partial charge in [0.25, 0.3) is 5.91 Å². The molecule has 2 aromatic rings. The quantitative estimate of drug-likeness (QED) is 0.796. The van der Waals surface area contributed by atoms with Gasteiger partial charge in [-0.15, -0.1) is 11.3 Å². The van der Waals surface area contributed by atoms with Gasteiger partial charge in [0.05, 0.1) is 22.1 Å². The summed E-state index contributed by atoms with van der Waals surface area (Å²) in [5.41, 5.74) is 1.69. The zero-order valence-electron chi connectivity index (χ0n) is 13.7. The van der Waals surface area contributed by atoms with Crippen molar-refractivity contribution in [1.29, 1.82) is 0 Å². The van der Waals surface area contributed by atoms with E-state index in [2.05, 4.69) is 17.6 Å². The largest absolute Gasteiger partial charge is 0.342 e. The van der Waals surface area contributed by atoms with E-state index in [0.29, 0.717) is 26.5 Å². The number of fused-ring (bicyclic) bond motifs is 1. The molecule has 0 saturated heterocycles. The van der Waals surface area contributed by atoms with Crippen LogP contribution in [0.25, 0.3) is 0 Å². The van der Waals surface area contributed by atoms with Crippen molar-refractivity contribution in [3.05, 3.63) is 49.6 Å². The Hall–Kier alpha value is -1.56. The number of aryl methyl sites for hydroxylation is 1. The van der Waals surface area contributed by atoms with Crippen molar-refractivity contribution in [1.82, 2.24) is 5.32 Å². The topological polar surface area (TPSA) is 58.2 Å². The lowest BCUT2D eigenvalue weighted by molar-refractivity contribution is -0.115. The second-order valence-corrected chi connectivity index (χ2v) is 8.24. The number of amides is 2. The van der Waals surface area contributed by atoms with Crippen LogP contribution in [-0.2, 0) is 17.6 Å². The number of hydrogen-bond donors (Lipinski definition) is 2. The fraction of sp³-hybridized carbons (Fsp3) is 0.333. The van der Waals surface area contributed by atoms with Crippen LogP contribution in [0, 0.1) is 5.92 Å². The first-order valence-electron chi connectivity index (χ1n) is 8.07. The molecule has 4 nitrogen and oxygen atoms in total. The summed E-state index contributed by atoms with van der Waals surface area (Å²) in [5.74, 6) is 0.0816. The van der Waals surface area contributed by atoms with Crippen molar-refractivity contribution < 1.29 is 9.59 Å². The van der Waals surface area contributed by atoms with Crippen LogP contribution in [0.1, 0.15) is 33.5 Å². The van der Waals surface area contributed by atoms with Crippen molar-refractivity contribution in [3.8, 4) is 0 Å². The fourth-order valence-corrected chi connectivity index (χ4v) is 4.31. The summed E-state index contributed by atoms with van der Waals surface area (Å²) >= 11 is 13.4. The van der Waals surface area contributed by atoms with Gasteiger partial charge < -0.3 is 10.6 Å². The lowest BCUT2D eigenvalue weighted by atomic mass is 9.90. The summed E-state index contributed by atoms with van der Waals surface area (Å²) in [6.45, 7) is 2.10. The van der Waals surface area contributed by atoms with E-state index < -0.39 is 0 Å². The molecular weight excluding hydrogens is 379 g/mol. The van der Waals surface area contributed by atoms with E-state index in [1.54, 1.807) is 18.2 Å². The minimum atomic E-state index is -0.354. The number of halogens is 2. The van der Waals surface area contributed by atoms with Gasteiger partial charge in [-0.1, -0.05) is 30.1 Å². The molecular formula is C18H18Cl2N2O2S. The fourth-order valence-electron chi connectivity index (χ4n) is 2.85. The Balaban J connectivity index is 1.57. The molecule has 7 heteroatoms. The number of rotatable bonds is 4. The Morgan fingerprint density at radius 1 is 1.28 bits per heavy atom. The van der Waals surface area contributed by atoms with Crippen LogP contribution in [-0.4, -0.2) is 18.4 Å². The highest BCUT2D eigenvalue weighted by Crippen LogP contribution is 2.32. The second kappa shape index (κ2) is 7.77. The molecule has 0 bridgehead atoms. The standard InChI is InChI=1S/C18H18Cl2N2O2S/c1-10-2-5-15-11(6-10)7-16(25-15)18(24)21-9-17(23)22-14-8-12(19)3-4-13(14)20/h3-4,7-8,10H,2,5-6,9H2,1H3,(H,21,24)(H,22,23)/t10-/m1/s1. The third kappa shape index (κ3) is 4.54. The van der Waals surface area contributed by atoms with E-state index in [-0.39, 0.29) is 18.4 Å². The Labute approximate surface area is 160 Å². The van der Waals surface area contributed by atoms with E-state index in [0.717, 1.165) is 19.3 Å². The van der Waals surface area contributed by atoms with Crippen molar-refractivity contribution >= 4 is 52.0 Å². The number of carbonyl (C=O) groups is 2. The van der Waals surface area contributed by atoms with Crippen molar-refractivity contribution in [2.75, 3.05) is 11.9 Å². The molecule has 132 valence electrons. The molecule has 3 rings (SSSR count). The molecule has 0 saturated carbocycles. The highest BCUT2D eigenvalue weighted by Gasteiger charge is 2.21. The minimum absolute atomic E-state index is 0.124. The molecule has 1 atom stereocenters. The van der Waals surface area contributed by atoms with Crippen LogP contribution in [0.4, 0.5) is 5.69 Å². The minimum Gasteiger partial charge on any atom is -0.342 e. The third-order valence-electron chi connectivity index (χ3n) is 4.17. The molecule has 2 amide bonds. The van der Waals surface area contributed by atoms with Crippen LogP contribution in [0.3, 0.4) is 0 Å². The monoisotopic (exact) mass is 396 g/mol. The number of hydrogen-bond acceptors (Lipinski definition) is 3. The zero-order chi connectivity index (χ0) is 18.0. The van der Waals surface area contributed by atoms with Gasteiger partial charge in [-0.3, -0.25) is 9.59 Å². The highest BCUT2D eigenvalue weighted by molar-refractivity contribution is 7.14. The van der Waals surface area contributed by atoms with Gasteiger partial charge in [0, 0.05) is 9.90 Å². The molecule has 1 aliphatic carbocycles. The summed E-state index contributed by atoms with van der Waals surface area (Å²) < 4.78 is 0. The van der Waals surface area contributed by atoms with Gasteiger partial charge in [0.15, 0.2) is 0 Å². The predicted octanol–water partition coefficient (Wildman–Crippen LogP) is 4.55. The molecule has 1 aliphatic rings. The molecule has 0 aliphatic heterocycles. The maximum atomic E-state index is 12.3. The lowest BCUT2D eigenvalue weighted by Gasteiger charge is -2.16. The van der Waals surface area contributed by atoms with E-state index in [4.69, 9.17) is 23.2 Å². The predicted molar refractivity (Wildman–Crippen MR) is 103 cm³/mol. The summed E-state index contributed by atoms with van der Waals surface area (Å²) in [7, 11) is 0. The SMILES string of the molecule is C[C@@H]1CCc2sc(C(=O)NCC(=O)Nc3cc(Cl)ccc3Cl)cc2C1. The van der Waals surface area contributed by atoms with Gasteiger partial charge in [0.1, 0.15) is 0 Å². The Morgan fingerprint density at radius 3 is 2.88 bits per heavy atom. The molecule has 2 N–H and O–H groups in total. The maximum absolute atomic E-state index is 12.3. The molecule has 1 aromatic carbocycles. The van der Waals surface area contributed by atoms with Gasteiger partial charge >= 0.3 is 0 Å². The number of thiophene rings is 1. The molecule has 0 unspecified atom stereocenters. The van der Waals surface area contributed by atoms with E-state index in [1.165, 1.54) is 21.8 Å². The van der Waals surface area contributed by atoms with Gasteiger partial charge in [0.2, 0.25) is 5.91 Å². The number of nitrogens with one attached hydrogen (secondary N) is 2.